The Morgan fingerprint density at radius 3 is 2.31 bits per heavy atom. The molecule has 6 nitrogen and oxygen atoms in total. The molecule has 0 aromatic heterocycles. The van der Waals surface area contributed by atoms with E-state index in [0.29, 0.717) is 11.3 Å². The van der Waals surface area contributed by atoms with Gasteiger partial charge in [-0.1, -0.05) is 6.07 Å². The van der Waals surface area contributed by atoms with E-state index < -0.39 is 10.0 Å². The van der Waals surface area contributed by atoms with Crippen LogP contribution in [-0.2, 0) is 10.0 Å². The number of anilines is 2. The maximum Gasteiger partial charge on any atom is 0.255 e. The number of nitrogens with two attached hydrogens (primary N) is 1. The first-order valence-corrected chi connectivity index (χ1v) is 10.2. The lowest BCUT2D eigenvalue weighted by molar-refractivity contribution is 0.102. The number of benzene rings is 2. The highest BCUT2D eigenvalue weighted by atomic mass is 32.2. The van der Waals surface area contributed by atoms with Crippen LogP contribution in [0.4, 0.5) is 11.4 Å². The van der Waals surface area contributed by atoms with Crippen LogP contribution < -0.4 is 15.4 Å². The van der Waals surface area contributed by atoms with Gasteiger partial charge >= 0.3 is 0 Å². The Morgan fingerprint density at radius 1 is 1.04 bits per heavy atom. The maximum absolute atomic E-state index is 12.5. The van der Waals surface area contributed by atoms with Crippen LogP contribution in [0.1, 0.15) is 35.2 Å². The van der Waals surface area contributed by atoms with Gasteiger partial charge in [-0.05, 0) is 68.1 Å². The van der Waals surface area contributed by atoms with Crippen molar-refractivity contribution >= 4 is 27.3 Å². The molecule has 138 valence electrons. The minimum atomic E-state index is -3.85. The van der Waals surface area contributed by atoms with Crippen molar-refractivity contribution in [2.75, 3.05) is 23.3 Å². The molecular weight excluding hydrogens is 350 g/mol. The van der Waals surface area contributed by atoms with Crippen molar-refractivity contribution in [2.45, 2.75) is 31.1 Å². The summed E-state index contributed by atoms with van der Waals surface area (Å²) in [5.41, 5.74) is 2.78. The van der Waals surface area contributed by atoms with Crippen molar-refractivity contribution in [3.8, 4) is 0 Å². The largest absolute Gasteiger partial charge is 0.372 e. The lowest BCUT2D eigenvalue weighted by Crippen LogP contribution is -2.29. The SMILES string of the molecule is Cc1ccc(S(N)(=O)=O)cc1C(=O)Nc1ccc(N2CCCCC2)cc1. The fourth-order valence-corrected chi connectivity index (χ4v) is 3.67. The number of nitrogens with one attached hydrogen (secondary N) is 1. The number of aryl methyl sites for hydroxylation is 1. The van der Waals surface area contributed by atoms with Gasteiger partial charge in [-0.2, -0.15) is 0 Å². The average molecular weight is 373 g/mol. The molecule has 3 N–H and O–H groups in total. The number of sulfonamides is 1. The van der Waals surface area contributed by atoms with E-state index in [1.54, 1.807) is 13.0 Å². The molecule has 2 aromatic carbocycles. The highest BCUT2D eigenvalue weighted by Crippen LogP contribution is 2.23. The van der Waals surface area contributed by atoms with E-state index in [0.717, 1.165) is 18.8 Å². The van der Waals surface area contributed by atoms with E-state index in [1.807, 2.05) is 24.3 Å². The van der Waals surface area contributed by atoms with E-state index >= 15 is 0 Å². The number of hydrogen-bond acceptors (Lipinski definition) is 4. The molecule has 1 saturated heterocycles. The fourth-order valence-electron chi connectivity index (χ4n) is 3.13. The van der Waals surface area contributed by atoms with Gasteiger partial charge in [-0.25, -0.2) is 13.6 Å². The second kappa shape index (κ2) is 7.47. The number of carbonyl (C=O) groups is 1. The lowest BCUT2D eigenvalue weighted by atomic mass is 10.1. The summed E-state index contributed by atoms with van der Waals surface area (Å²) in [6, 6.07) is 12.0. The molecular formula is C19H23N3O3S. The number of rotatable bonds is 4. The highest BCUT2D eigenvalue weighted by Gasteiger charge is 2.15. The fraction of sp³-hybridized carbons (Fsp3) is 0.316. The topological polar surface area (TPSA) is 92.5 Å². The van der Waals surface area contributed by atoms with Gasteiger partial charge in [0.05, 0.1) is 4.90 Å². The monoisotopic (exact) mass is 373 g/mol. The number of hydrogen-bond donors (Lipinski definition) is 2. The number of amides is 1. The van der Waals surface area contributed by atoms with Gasteiger partial charge < -0.3 is 10.2 Å². The van der Waals surface area contributed by atoms with Crippen LogP contribution in [0.3, 0.4) is 0 Å². The van der Waals surface area contributed by atoms with Crippen molar-refractivity contribution in [3.05, 3.63) is 53.6 Å². The molecule has 2 aromatic rings. The highest BCUT2D eigenvalue weighted by molar-refractivity contribution is 7.89. The summed E-state index contributed by atoms with van der Waals surface area (Å²) in [6.45, 7) is 3.87. The first kappa shape index (κ1) is 18.4. The molecule has 0 bridgehead atoms. The van der Waals surface area contributed by atoms with E-state index in [2.05, 4.69) is 10.2 Å². The molecule has 1 aliphatic rings. The van der Waals surface area contributed by atoms with E-state index in [9.17, 15) is 13.2 Å². The van der Waals surface area contributed by atoms with E-state index in [1.165, 1.54) is 31.4 Å². The Morgan fingerprint density at radius 2 is 1.69 bits per heavy atom. The molecule has 1 amide bonds. The number of piperidine rings is 1. The van der Waals surface area contributed by atoms with Crippen LogP contribution in [0.2, 0.25) is 0 Å². The number of carbonyl (C=O) groups excluding carboxylic acids is 1. The molecule has 0 spiro atoms. The molecule has 0 atom stereocenters. The van der Waals surface area contributed by atoms with Gasteiger partial charge in [-0.15, -0.1) is 0 Å². The molecule has 0 unspecified atom stereocenters. The zero-order chi connectivity index (χ0) is 18.7. The van der Waals surface area contributed by atoms with Gasteiger partial charge in [-0.3, -0.25) is 4.79 Å². The minimum Gasteiger partial charge on any atom is -0.372 e. The second-order valence-corrected chi connectivity index (χ2v) is 8.13. The van der Waals surface area contributed by atoms with Crippen LogP contribution >= 0.6 is 0 Å². The van der Waals surface area contributed by atoms with E-state index in [-0.39, 0.29) is 16.4 Å². The molecule has 26 heavy (non-hydrogen) atoms. The van der Waals surface area contributed by atoms with Gasteiger partial charge in [0.25, 0.3) is 5.91 Å². The molecule has 3 rings (SSSR count). The standard InChI is InChI=1S/C19H23N3O3S/c1-14-5-10-17(26(20,24)25)13-18(14)19(23)21-15-6-8-16(9-7-15)22-11-3-2-4-12-22/h5-10,13H,2-4,11-12H2,1H3,(H,21,23)(H2,20,24,25). The first-order valence-electron chi connectivity index (χ1n) is 8.64. The summed E-state index contributed by atoms with van der Waals surface area (Å²) in [6.07, 6.45) is 3.69. The van der Waals surface area contributed by atoms with Gasteiger partial charge in [0, 0.05) is 30.0 Å². The molecule has 1 fully saturated rings. The van der Waals surface area contributed by atoms with Gasteiger partial charge in [0.1, 0.15) is 0 Å². The summed E-state index contributed by atoms with van der Waals surface area (Å²) in [5, 5.41) is 7.97. The molecule has 0 saturated carbocycles. The predicted molar refractivity (Wildman–Crippen MR) is 103 cm³/mol. The van der Waals surface area contributed by atoms with Gasteiger partial charge in [0.15, 0.2) is 0 Å². The van der Waals surface area contributed by atoms with Crippen LogP contribution in [0, 0.1) is 6.92 Å². The quantitative estimate of drug-likeness (QED) is 0.862. The third kappa shape index (κ3) is 4.23. The van der Waals surface area contributed by atoms with Crippen molar-refractivity contribution in [1.29, 1.82) is 0 Å². The maximum atomic E-state index is 12.5. The Hall–Kier alpha value is -2.38. The molecule has 0 aliphatic carbocycles. The molecule has 0 radical (unpaired) electrons. The zero-order valence-electron chi connectivity index (χ0n) is 14.7. The third-order valence-electron chi connectivity index (χ3n) is 4.63. The molecule has 7 heteroatoms. The third-order valence-corrected chi connectivity index (χ3v) is 5.54. The summed E-state index contributed by atoms with van der Waals surface area (Å²) in [5.74, 6) is -0.362. The Kier molecular flexibility index (Phi) is 5.29. The summed E-state index contributed by atoms with van der Waals surface area (Å²) in [7, 11) is -3.85. The second-order valence-electron chi connectivity index (χ2n) is 6.57. The van der Waals surface area contributed by atoms with Crippen LogP contribution in [0.15, 0.2) is 47.4 Å². The molecule has 1 heterocycles. The predicted octanol–water partition coefficient (Wildman–Crippen LogP) is 2.89. The van der Waals surface area contributed by atoms with Crippen LogP contribution in [0.5, 0.6) is 0 Å². The normalized spacial score (nSPS) is 14.9. The Balaban J connectivity index is 1.75. The van der Waals surface area contributed by atoms with Crippen molar-refractivity contribution in [1.82, 2.24) is 0 Å². The Bertz CT molecular complexity index is 902. The average Bonchev–Trinajstić information content (AvgIpc) is 2.62. The van der Waals surface area contributed by atoms with Crippen LogP contribution in [-0.4, -0.2) is 27.4 Å². The van der Waals surface area contributed by atoms with Crippen molar-refractivity contribution in [2.24, 2.45) is 5.14 Å². The Labute approximate surface area is 154 Å². The van der Waals surface area contributed by atoms with Crippen molar-refractivity contribution < 1.29 is 13.2 Å². The lowest BCUT2D eigenvalue weighted by Gasteiger charge is -2.28. The molecule has 1 aliphatic heterocycles. The first-order chi connectivity index (χ1) is 12.3. The van der Waals surface area contributed by atoms with E-state index in [4.69, 9.17) is 5.14 Å². The minimum absolute atomic E-state index is 0.0753. The summed E-state index contributed by atoms with van der Waals surface area (Å²) >= 11 is 0. The summed E-state index contributed by atoms with van der Waals surface area (Å²) < 4.78 is 23.0. The smallest absolute Gasteiger partial charge is 0.255 e. The zero-order valence-corrected chi connectivity index (χ0v) is 15.6. The van der Waals surface area contributed by atoms with Crippen LogP contribution in [0.25, 0.3) is 0 Å². The number of primary sulfonamides is 1. The summed E-state index contributed by atoms with van der Waals surface area (Å²) in [4.78, 5) is 14.8. The van der Waals surface area contributed by atoms with Gasteiger partial charge in [0.2, 0.25) is 10.0 Å². The van der Waals surface area contributed by atoms with Crippen molar-refractivity contribution in [3.63, 3.8) is 0 Å². The number of nitrogens with zero attached hydrogens (tertiary/aromatic N) is 1.